The smallest absolute Gasteiger partial charge is 0.124 e. The highest BCUT2D eigenvalue weighted by Crippen LogP contribution is 2.43. The molecule has 0 radical (unpaired) electrons. The number of rotatable bonds is 2. The molecule has 2 heteroatoms. The molecule has 2 nitrogen and oxygen atoms in total. The minimum absolute atomic E-state index is 0.526. The van der Waals surface area contributed by atoms with Gasteiger partial charge in [-0.2, -0.15) is 0 Å². The van der Waals surface area contributed by atoms with Crippen LogP contribution in [0.4, 0.5) is 5.82 Å². The Bertz CT molecular complexity index is 2380. The van der Waals surface area contributed by atoms with Gasteiger partial charge in [-0.25, -0.2) is 4.98 Å². The molecule has 0 saturated heterocycles. The Morgan fingerprint density at radius 3 is 1.64 bits per heavy atom. The first kappa shape index (κ1) is 20.8. The maximum absolute atomic E-state index is 6.52. The van der Waals surface area contributed by atoms with Gasteiger partial charge in [0.05, 0.1) is 5.69 Å². The Labute approximate surface area is 224 Å². The first-order chi connectivity index (χ1) is 19.2. The molecule has 0 amide bonds. The molecule has 1 aromatic heterocycles. The van der Waals surface area contributed by atoms with Gasteiger partial charge in [0.25, 0.3) is 0 Å². The van der Waals surface area contributed by atoms with Gasteiger partial charge in [0.15, 0.2) is 0 Å². The second-order valence-electron chi connectivity index (χ2n) is 10.6. The highest BCUT2D eigenvalue weighted by atomic mass is 14.8. The van der Waals surface area contributed by atoms with Crippen LogP contribution in [0, 0.1) is 0 Å². The molecule has 39 heavy (non-hydrogen) atoms. The first-order valence-electron chi connectivity index (χ1n) is 13.3. The summed E-state index contributed by atoms with van der Waals surface area (Å²) in [6, 6.07) is 43.9. The summed E-state index contributed by atoms with van der Waals surface area (Å²) in [5.41, 5.74) is 10.8. The van der Waals surface area contributed by atoms with E-state index < -0.39 is 0 Å². The maximum Gasteiger partial charge on any atom is 0.124 e. The van der Waals surface area contributed by atoms with Crippen molar-refractivity contribution in [3.8, 4) is 22.4 Å². The zero-order valence-corrected chi connectivity index (χ0v) is 21.1. The molecule has 0 fully saturated rings. The van der Waals surface area contributed by atoms with Crippen molar-refractivity contribution >= 4 is 70.5 Å². The fraction of sp³-hybridized carbons (Fsp3) is 0. The standard InChI is InChI=1S/C37H22N2/c38-33-20-27(31-18-26-8-2-6-22-10-12-24-7-3-9-29(31)36(24)35(22)26)19-32(39-33)28-16-14-25-13-11-21-4-1-5-23-15-17-30(28)37(25)34(21)23/h1-20H,(H2,38,39). The number of benzene rings is 8. The lowest BCUT2D eigenvalue weighted by molar-refractivity contribution is 1.34. The van der Waals surface area contributed by atoms with Gasteiger partial charge in [-0.15, -0.1) is 0 Å². The lowest BCUT2D eigenvalue weighted by atomic mass is 9.88. The van der Waals surface area contributed by atoms with E-state index in [0.717, 1.165) is 16.8 Å². The molecule has 180 valence electrons. The van der Waals surface area contributed by atoms with E-state index in [-0.39, 0.29) is 0 Å². The third kappa shape index (κ3) is 2.83. The van der Waals surface area contributed by atoms with Crippen molar-refractivity contribution in [1.29, 1.82) is 0 Å². The highest BCUT2D eigenvalue weighted by Gasteiger charge is 2.17. The number of hydrogen-bond acceptors (Lipinski definition) is 2. The summed E-state index contributed by atoms with van der Waals surface area (Å²) in [6.07, 6.45) is 0. The van der Waals surface area contributed by atoms with Gasteiger partial charge >= 0.3 is 0 Å². The second kappa shape index (κ2) is 7.43. The molecule has 0 aliphatic heterocycles. The van der Waals surface area contributed by atoms with Crippen LogP contribution in [0.25, 0.3) is 87.0 Å². The zero-order chi connectivity index (χ0) is 25.7. The van der Waals surface area contributed by atoms with E-state index in [2.05, 4.69) is 115 Å². The minimum atomic E-state index is 0.526. The lowest BCUT2D eigenvalue weighted by Crippen LogP contribution is -1.96. The van der Waals surface area contributed by atoms with E-state index in [9.17, 15) is 0 Å². The SMILES string of the molecule is Nc1cc(-c2cc3cccc4ccc5cccc2c5c43)cc(-c2ccc3ccc4cccc5ccc2c3c45)n1. The van der Waals surface area contributed by atoms with Crippen molar-refractivity contribution in [2.24, 2.45) is 0 Å². The van der Waals surface area contributed by atoms with Gasteiger partial charge in [0, 0.05) is 5.56 Å². The molecule has 8 aromatic carbocycles. The van der Waals surface area contributed by atoms with Crippen LogP contribution >= 0.6 is 0 Å². The number of anilines is 1. The molecule has 0 aliphatic carbocycles. The fourth-order valence-electron chi connectivity index (χ4n) is 6.80. The van der Waals surface area contributed by atoms with Crippen LogP contribution in [-0.2, 0) is 0 Å². The summed E-state index contributed by atoms with van der Waals surface area (Å²) in [6.45, 7) is 0. The van der Waals surface area contributed by atoms with Crippen molar-refractivity contribution < 1.29 is 0 Å². The van der Waals surface area contributed by atoms with Gasteiger partial charge in [0.1, 0.15) is 5.82 Å². The molecule has 0 atom stereocenters. The van der Waals surface area contributed by atoms with E-state index >= 15 is 0 Å². The monoisotopic (exact) mass is 494 g/mol. The predicted molar refractivity (Wildman–Crippen MR) is 167 cm³/mol. The van der Waals surface area contributed by atoms with Crippen LogP contribution in [-0.4, -0.2) is 4.98 Å². The van der Waals surface area contributed by atoms with Gasteiger partial charge in [-0.1, -0.05) is 103 Å². The third-order valence-electron chi connectivity index (χ3n) is 8.47. The van der Waals surface area contributed by atoms with Crippen LogP contribution in [0.1, 0.15) is 0 Å². The van der Waals surface area contributed by atoms with E-state index in [1.807, 2.05) is 6.07 Å². The molecular weight excluding hydrogens is 472 g/mol. The molecule has 0 aliphatic rings. The van der Waals surface area contributed by atoms with Gasteiger partial charge < -0.3 is 5.73 Å². The van der Waals surface area contributed by atoms with E-state index in [1.54, 1.807) is 0 Å². The van der Waals surface area contributed by atoms with Crippen LogP contribution in [0.15, 0.2) is 121 Å². The first-order valence-corrected chi connectivity index (χ1v) is 13.3. The van der Waals surface area contributed by atoms with E-state index in [1.165, 1.54) is 70.2 Å². The van der Waals surface area contributed by atoms with Crippen LogP contribution in [0.3, 0.4) is 0 Å². The molecule has 1 heterocycles. The molecule has 9 rings (SSSR count). The predicted octanol–water partition coefficient (Wildman–Crippen LogP) is 9.79. The lowest BCUT2D eigenvalue weighted by Gasteiger charge is -2.17. The van der Waals surface area contributed by atoms with Crippen molar-refractivity contribution in [2.45, 2.75) is 0 Å². The quantitative estimate of drug-likeness (QED) is 0.243. The Kier molecular flexibility index (Phi) is 3.96. The van der Waals surface area contributed by atoms with Crippen molar-refractivity contribution in [3.05, 3.63) is 121 Å². The van der Waals surface area contributed by atoms with Crippen molar-refractivity contribution in [2.75, 3.05) is 5.73 Å². The van der Waals surface area contributed by atoms with E-state index in [0.29, 0.717) is 5.82 Å². The summed E-state index contributed by atoms with van der Waals surface area (Å²) < 4.78 is 0. The van der Waals surface area contributed by atoms with Gasteiger partial charge in [-0.05, 0) is 94.0 Å². The van der Waals surface area contributed by atoms with Crippen molar-refractivity contribution in [3.63, 3.8) is 0 Å². The Morgan fingerprint density at radius 1 is 0.410 bits per heavy atom. The molecule has 0 unspecified atom stereocenters. The normalized spacial score (nSPS) is 12.2. The number of hydrogen-bond donors (Lipinski definition) is 1. The topological polar surface area (TPSA) is 38.9 Å². The van der Waals surface area contributed by atoms with Crippen molar-refractivity contribution in [1.82, 2.24) is 4.98 Å². The van der Waals surface area contributed by atoms with Crippen LogP contribution < -0.4 is 5.73 Å². The van der Waals surface area contributed by atoms with Gasteiger partial charge in [0.2, 0.25) is 0 Å². The molecular formula is C37H22N2. The minimum Gasteiger partial charge on any atom is -0.384 e. The maximum atomic E-state index is 6.52. The third-order valence-corrected chi connectivity index (χ3v) is 8.47. The van der Waals surface area contributed by atoms with Crippen LogP contribution in [0.5, 0.6) is 0 Å². The molecule has 0 saturated carbocycles. The Morgan fingerprint density at radius 2 is 0.923 bits per heavy atom. The average molecular weight is 495 g/mol. The molecule has 2 N–H and O–H groups in total. The summed E-state index contributed by atoms with van der Waals surface area (Å²) in [4.78, 5) is 4.86. The van der Waals surface area contributed by atoms with E-state index in [4.69, 9.17) is 10.7 Å². The number of nitrogens with zero attached hydrogens (tertiary/aromatic N) is 1. The summed E-state index contributed by atoms with van der Waals surface area (Å²) in [5, 5.41) is 15.2. The Balaban J connectivity index is 1.35. The molecule has 0 spiro atoms. The number of nitrogens with two attached hydrogens (primary N) is 1. The zero-order valence-electron chi connectivity index (χ0n) is 21.1. The highest BCUT2D eigenvalue weighted by molar-refractivity contribution is 6.27. The van der Waals surface area contributed by atoms with Crippen LogP contribution in [0.2, 0.25) is 0 Å². The number of aromatic nitrogens is 1. The molecule has 9 aromatic rings. The summed E-state index contributed by atoms with van der Waals surface area (Å²) >= 11 is 0. The number of nitrogen functional groups attached to an aromatic ring is 1. The molecule has 0 bridgehead atoms. The summed E-state index contributed by atoms with van der Waals surface area (Å²) in [5.74, 6) is 0.526. The number of pyridine rings is 1. The average Bonchev–Trinajstić information content (AvgIpc) is 2.98. The second-order valence-corrected chi connectivity index (χ2v) is 10.6. The van der Waals surface area contributed by atoms with Gasteiger partial charge in [-0.3, -0.25) is 0 Å². The fourth-order valence-corrected chi connectivity index (χ4v) is 6.80. The Hall–Kier alpha value is -5.21. The largest absolute Gasteiger partial charge is 0.384 e. The summed E-state index contributed by atoms with van der Waals surface area (Å²) in [7, 11) is 0.